The lowest BCUT2D eigenvalue weighted by atomic mass is 9.92. The average molecular weight is 360 g/mol. The molecule has 0 aliphatic rings. The summed E-state index contributed by atoms with van der Waals surface area (Å²) in [6.45, 7) is 3.89. The molecule has 0 aliphatic carbocycles. The molecule has 0 radical (unpaired) electrons. The molecule has 2 amide bonds. The highest BCUT2D eigenvalue weighted by Crippen LogP contribution is 2.14. The van der Waals surface area contributed by atoms with Crippen molar-refractivity contribution in [1.82, 2.24) is 10.6 Å². The molecule has 0 heterocycles. The third-order valence-electron chi connectivity index (χ3n) is 2.62. The predicted molar refractivity (Wildman–Crippen MR) is 79.3 cm³/mol. The van der Waals surface area contributed by atoms with E-state index in [4.69, 9.17) is 0 Å². The lowest BCUT2D eigenvalue weighted by Gasteiger charge is -2.22. The molecule has 0 atom stereocenters. The first kappa shape index (κ1) is 14.9. The van der Waals surface area contributed by atoms with Crippen LogP contribution in [0, 0.1) is 8.99 Å². The molecule has 0 fully saturated rings. The van der Waals surface area contributed by atoms with E-state index in [2.05, 4.69) is 33.2 Å². The van der Waals surface area contributed by atoms with Crippen molar-refractivity contribution in [2.75, 3.05) is 13.6 Å². The van der Waals surface area contributed by atoms with Gasteiger partial charge in [-0.15, -0.1) is 0 Å². The molecule has 0 bridgehead atoms. The van der Waals surface area contributed by atoms with Crippen molar-refractivity contribution in [1.29, 1.82) is 0 Å². The van der Waals surface area contributed by atoms with Crippen molar-refractivity contribution in [3.05, 3.63) is 33.4 Å². The summed E-state index contributed by atoms with van der Waals surface area (Å²) >= 11 is 2.16. The minimum atomic E-state index is -0.619. The van der Waals surface area contributed by atoms with E-state index in [-0.39, 0.29) is 11.8 Å². The second-order valence-corrected chi connectivity index (χ2v) is 5.90. The van der Waals surface area contributed by atoms with Crippen LogP contribution in [0.5, 0.6) is 0 Å². The van der Waals surface area contributed by atoms with E-state index in [1.54, 1.807) is 27.0 Å². The summed E-state index contributed by atoms with van der Waals surface area (Å²) in [5.74, 6) is -0.254. The van der Waals surface area contributed by atoms with Crippen LogP contribution in [-0.4, -0.2) is 25.4 Å². The van der Waals surface area contributed by atoms with Crippen molar-refractivity contribution >= 4 is 34.4 Å². The highest BCUT2D eigenvalue weighted by molar-refractivity contribution is 14.1. The fourth-order valence-electron chi connectivity index (χ4n) is 1.45. The number of carbonyl (C=O) groups excluding carboxylic acids is 2. The van der Waals surface area contributed by atoms with Crippen LogP contribution in [0.1, 0.15) is 24.2 Å². The SMILES string of the molecule is CNC(=O)C(C)(C)CNC(=O)c1cccc(I)c1. The maximum atomic E-state index is 11.9. The molecule has 5 heteroatoms. The highest BCUT2D eigenvalue weighted by Gasteiger charge is 2.27. The van der Waals surface area contributed by atoms with Crippen LogP contribution in [0.2, 0.25) is 0 Å². The molecule has 0 saturated heterocycles. The Morgan fingerprint density at radius 2 is 2.00 bits per heavy atom. The first-order valence-electron chi connectivity index (χ1n) is 5.63. The molecule has 2 N–H and O–H groups in total. The van der Waals surface area contributed by atoms with Gasteiger partial charge in [-0.25, -0.2) is 0 Å². The fraction of sp³-hybridized carbons (Fsp3) is 0.385. The smallest absolute Gasteiger partial charge is 0.251 e. The van der Waals surface area contributed by atoms with Crippen molar-refractivity contribution < 1.29 is 9.59 Å². The molecule has 0 aliphatic heterocycles. The van der Waals surface area contributed by atoms with E-state index in [1.807, 2.05) is 18.2 Å². The fourth-order valence-corrected chi connectivity index (χ4v) is 1.99. The zero-order valence-corrected chi connectivity index (χ0v) is 12.9. The van der Waals surface area contributed by atoms with E-state index >= 15 is 0 Å². The Kier molecular flexibility index (Phi) is 5.13. The second kappa shape index (κ2) is 6.17. The largest absolute Gasteiger partial charge is 0.359 e. The van der Waals surface area contributed by atoms with E-state index in [0.717, 1.165) is 3.57 Å². The average Bonchev–Trinajstić information content (AvgIpc) is 2.35. The number of hydrogen-bond acceptors (Lipinski definition) is 2. The minimum Gasteiger partial charge on any atom is -0.359 e. The van der Waals surface area contributed by atoms with Crippen LogP contribution < -0.4 is 10.6 Å². The van der Waals surface area contributed by atoms with Gasteiger partial charge >= 0.3 is 0 Å². The van der Waals surface area contributed by atoms with Gasteiger partial charge in [-0.3, -0.25) is 9.59 Å². The van der Waals surface area contributed by atoms with Crippen LogP contribution in [0.25, 0.3) is 0 Å². The van der Waals surface area contributed by atoms with Gasteiger partial charge in [0.05, 0.1) is 5.41 Å². The topological polar surface area (TPSA) is 58.2 Å². The van der Waals surface area contributed by atoms with E-state index in [0.29, 0.717) is 12.1 Å². The summed E-state index contributed by atoms with van der Waals surface area (Å²) in [7, 11) is 1.59. The Hall–Kier alpha value is -1.11. The lowest BCUT2D eigenvalue weighted by Crippen LogP contribution is -2.43. The molecule has 18 heavy (non-hydrogen) atoms. The first-order chi connectivity index (χ1) is 8.36. The van der Waals surface area contributed by atoms with E-state index < -0.39 is 5.41 Å². The summed E-state index contributed by atoms with van der Waals surface area (Å²) in [5, 5.41) is 5.36. The van der Waals surface area contributed by atoms with Crippen molar-refractivity contribution in [3.8, 4) is 0 Å². The van der Waals surface area contributed by atoms with Crippen LogP contribution >= 0.6 is 22.6 Å². The van der Waals surface area contributed by atoms with Gasteiger partial charge in [0.25, 0.3) is 5.91 Å². The van der Waals surface area contributed by atoms with Gasteiger partial charge < -0.3 is 10.6 Å². The van der Waals surface area contributed by atoms with Gasteiger partial charge in [-0.1, -0.05) is 6.07 Å². The Balaban J connectivity index is 2.64. The Labute approximate surface area is 121 Å². The van der Waals surface area contributed by atoms with Crippen LogP contribution in [-0.2, 0) is 4.79 Å². The minimum absolute atomic E-state index is 0.0922. The number of amides is 2. The normalized spacial score (nSPS) is 10.9. The van der Waals surface area contributed by atoms with Gasteiger partial charge in [-0.05, 0) is 54.6 Å². The number of carbonyl (C=O) groups is 2. The highest BCUT2D eigenvalue weighted by atomic mass is 127. The van der Waals surface area contributed by atoms with Crippen LogP contribution in [0.4, 0.5) is 0 Å². The first-order valence-corrected chi connectivity index (χ1v) is 6.70. The quantitative estimate of drug-likeness (QED) is 0.805. The zero-order valence-electron chi connectivity index (χ0n) is 10.7. The Morgan fingerprint density at radius 1 is 1.33 bits per heavy atom. The molecule has 4 nitrogen and oxygen atoms in total. The van der Waals surface area contributed by atoms with Crippen LogP contribution in [0.3, 0.4) is 0 Å². The number of hydrogen-bond donors (Lipinski definition) is 2. The van der Waals surface area contributed by atoms with Crippen molar-refractivity contribution in [2.24, 2.45) is 5.41 Å². The zero-order chi connectivity index (χ0) is 13.8. The summed E-state index contributed by atoms with van der Waals surface area (Å²) < 4.78 is 1.01. The number of nitrogens with one attached hydrogen (secondary N) is 2. The van der Waals surface area contributed by atoms with Crippen molar-refractivity contribution in [3.63, 3.8) is 0 Å². The molecule has 0 aromatic heterocycles. The maximum Gasteiger partial charge on any atom is 0.251 e. The van der Waals surface area contributed by atoms with E-state index in [1.165, 1.54) is 0 Å². The predicted octanol–water partition coefficient (Wildman–Crippen LogP) is 1.79. The number of benzene rings is 1. The molecule has 0 unspecified atom stereocenters. The molecular formula is C13H17IN2O2. The third kappa shape index (κ3) is 3.97. The molecule has 98 valence electrons. The summed E-state index contributed by atoms with van der Waals surface area (Å²) in [5.41, 5.74) is -0.0126. The maximum absolute atomic E-state index is 11.9. The number of halogens is 1. The standard InChI is InChI=1S/C13H17IN2O2/c1-13(2,12(18)15-3)8-16-11(17)9-5-4-6-10(14)7-9/h4-7H,8H2,1-3H3,(H,15,18)(H,16,17). The summed E-state index contributed by atoms with van der Waals surface area (Å²) in [4.78, 5) is 23.5. The monoisotopic (exact) mass is 360 g/mol. The molecule has 1 rings (SSSR count). The van der Waals surface area contributed by atoms with Crippen LogP contribution in [0.15, 0.2) is 24.3 Å². The second-order valence-electron chi connectivity index (χ2n) is 4.66. The number of rotatable bonds is 4. The van der Waals surface area contributed by atoms with Gasteiger partial charge in [-0.2, -0.15) is 0 Å². The van der Waals surface area contributed by atoms with Gasteiger partial charge in [0.15, 0.2) is 0 Å². The molecule has 1 aromatic rings. The van der Waals surface area contributed by atoms with Gasteiger partial charge in [0, 0.05) is 22.7 Å². The van der Waals surface area contributed by atoms with E-state index in [9.17, 15) is 9.59 Å². The van der Waals surface area contributed by atoms with Gasteiger partial charge in [0.2, 0.25) is 5.91 Å². The summed E-state index contributed by atoms with van der Waals surface area (Å²) in [6.07, 6.45) is 0. The third-order valence-corrected chi connectivity index (χ3v) is 3.29. The lowest BCUT2D eigenvalue weighted by molar-refractivity contribution is -0.128. The van der Waals surface area contributed by atoms with Crippen molar-refractivity contribution in [2.45, 2.75) is 13.8 Å². The Morgan fingerprint density at radius 3 is 2.56 bits per heavy atom. The van der Waals surface area contributed by atoms with Gasteiger partial charge in [0.1, 0.15) is 0 Å². The molecule has 0 spiro atoms. The Bertz CT molecular complexity index is 458. The molecule has 0 saturated carbocycles. The molecular weight excluding hydrogens is 343 g/mol. The summed E-state index contributed by atoms with van der Waals surface area (Å²) in [6, 6.07) is 7.32. The molecule has 1 aromatic carbocycles.